The highest BCUT2D eigenvalue weighted by atomic mass is 16.6. The van der Waals surface area contributed by atoms with Crippen LogP contribution >= 0.6 is 0 Å². The molecule has 5 nitrogen and oxygen atoms in total. The standard InChI is InChI=1S/C13H11NO4/c14-12(15)11(10-7-4-8-17-10)18-13(16)9-5-2-1-3-6-9/h1-8,11H,(H2,14,15)/t11-/m1/s1. The molecule has 0 bridgehead atoms. The van der Waals surface area contributed by atoms with Gasteiger partial charge in [0.2, 0.25) is 6.10 Å². The molecule has 1 amide bonds. The van der Waals surface area contributed by atoms with Crippen molar-refractivity contribution in [3.63, 3.8) is 0 Å². The van der Waals surface area contributed by atoms with Gasteiger partial charge in [-0.3, -0.25) is 4.79 Å². The molecule has 2 rings (SSSR count). The number of furan rings is 1. The fraction of sp³-hybridized carbons (Fsp3) is 0.0769. The van der Waals surface area contributed by atoms with E-state index in [-0.39, 0.29) is 5.76 Å². The van der Waals surface area contributed by atoms with Gasteiger partial charge in [-0.1, -0.05) is 18.2 Å². The minimum atomic E-state index is -1.22. The van der Waals surface area contributed by atoms with Crippen molar-refractivity contribution in [1.82, 2.24) is 0 Å². The van der Waals surface area contributed by atoms with Gasteiger partial charge in [0, 0.05) is 0 Å². The highest BCUT2D eigenvalue weighted by Gasteiger charge is 2.25. The average Bonchev–Trinajstić information content (AvgIpc) is 2.90. The molecule has 0 saturated carbocycles. The van der Waals surface area contributed by atoms with E-state index in [4.69, 9.17) is 14.9 Å². The lowest BCUT2D eigenvalue weighted by atomic mass is 10.2. The Kier molecular flexibility index (Phi) is 3.43. The molecule has 0 unspecified atom stereocenters. The average molecular weight is 245 g/mol. The van der Waals surface area contributed by atoms with Crippen LogP contribution in [-0.2, 0) is 9.53 Å². The van der Waals surface area contributed by atoms with E-state index in [2.05, 4.69) is 0 Å². The van der Waals surface area contributed by atoms with Crippen molar-refractivity contribution in [3.05, 3.63) is 60.1 Å². The van der Waals surface area contributed by atoms with Crippen molar-refractivity contribution >= 4 is 11.9 Å². The lowest BCUT2D eigenvalue weighted by Gasteiger charge is -2.12. The molecule has 0 fully saturated rings. The molecule has 92 valence electrons. The van der Waals surface area contributed by atoms with Gasteiger partial charge in [-0.2, -0.15) is 0 Å². The third-order valence-electron chi connectivity index (χ3n) is 2.29. The van der Waals surface area contributed by atoms with Crippen LogP contribution in [0.15, 0.2) is 53.1 Å². The highest BCUT2D eigenvalue weighted by Crippen LogP contribution is 2.19. The van der Waals surface area contributed by atoms with Crippen molar-refractivity contribution in [2.75, 3.05) is 0 Å². The summed E-state index contributed by atoms with van der Waals surface area (Å²) in [6.07, 6.45) is 0.162. The summed E-state index contributed by atoms with van der Waals surface area (Å²) >= 11 is 0. The molecule has 1 aromatic carbocycles. The van der Waals surface area contributed by atoms with E-state index in [1.807, 2.05) is 0 Å². The Morgan fingerprint density at radius 2 is 1.83 bits per heavy atom. The fourth-order valence-corrected chi connectivity index (χ4v) is 1.45. The summed E-state index contributed by atoms with van der Waals surface area (Å²) in [6, 6.07) is 11.4. The van der Waals surface area contributed by atoms with Crippen LogP contribution in [0.2, 0.25) is 0 Å². The van der Waals surface area contributed by atoms with Gasteiger partial charge < -0.3 is 14.9 Å². The lowest BCUT2D eigenvalue weighted by molar-refractivity contribution is -0.127. The summed E-state index contributed by atoms with van der Waals surface area (Å²) in [6.45, 7) is 0. The van der Waals surface area contributed by atoms with Crippen LogP contribution in [0.25, 0.3) is 0 Å². The van der Waals surface area contributed by atoms with E-state index in [0.29, 0.717) is 5.56 Å². The zero-order valence-corrected chi connectivity index (χ0v) is 9.41. The molecule has 1 aromatic heterocycles. The first kappa shape index (κ1) is 11.9. The maximum Gasteiger partial charge on any atom is 0.339 e. The van der Waals surface area contributed by atoms with E-state index in [0.717, 1.165) is 0 Å². The van der Waals surface area contributed by atoms with Crippen molar-refractivity contribution in [2.45, 2.75) is 6.10 Å². The molecular formula is C13H11NO4. The van der Waals surface area contributed by atoms with Gasteiger partial charge in [-0.05, 0) is 24.3 Å². The van der Waals surface area contributed by atoms with E-state index in [9.17, 15) is 9.59 Å². The second-order valence-corrected chi connectivity index (χ2v) is 3.57. The number of primary amides is 1. The van der Waals surface area contributed by atoms with Gasteiger partial charge in [-0.15, -0.1) is 0 Å². The van der Waals surface area contributed by atoms with Gasteiger partial charge in [-0.25, -0.2) is 4.79 Å². The van der Waals surface area contributed by atoms with Crippen LogP contribution in [0.4, 0.5) is 0 Å². The van der Waals surface area contributed by atoms with E-state index >= 15 is 0 Å². The Balaban J connectivity index is 2.16. The predicted octanol–water partition coefficient (Wildman–Crippen LogP) is 1.66. The Bertz CT molecular complexity index is 533. The van der Waals surface area contributed by atoms with Crippen molar-refractivity contribution in [3.8, 4) is 0 Å². The molecule has 0 saturated heterocycles. The second kappa shape index (κ2) is 5.18. The molecule has 0 aliphatic heterocycles. The Morgan fingerprint density at radius 3 is 2.39 bits per heavy atom. The molecule has 0 radical (unpaired) electrons. The molecule has 2 N–H and O–H groups in total. The molecule has 18 heavy (non-hydrogen) atoms. The molecule has 0 aliphatic rings. The molecule has 1 atom stereocenters. The van der Waals surface area contributed by atoms with Gasteiger partial charge in [0.1, 0.15) is 0 Å². The Hall–Kier alpha value is -2.56. The Labute approximate surface area is 103 Å². The molecule has 1 heterocycles. The van der Waals surface area contributed by atoms with Gasteiger partial charge in [0.15, 0.2) is 5.76 Å². The van der Waals surface area contributed by atoms with Crippen LogP contribution in [0, 0.1) is 0 Å². The monoisotopic (exact) mass is 245 g/mol. The first-order valence-corrected chi connectivity index (χ1v) is 5.27. The summed E-state index contributed by atoms with van der Waals surface area (Å²) in [7, 11) is 0. The van der Waals surface area contributed by atoms with Crippen LogP contribution in [0.1, 0.15) is 22.2 Å². The number of nitrogens with two attached hydrogens (primary N) is 1. The minimum absolute atomic E-state index is 0.201. The van der Waals surface area contributed by atoms with Gasteiger partial charge >= 0.3 is 5.97 Å². The molecule has 0 aliphatic carbocycles. The normalized spacial score (nSPS) is 11.8. The van der Waals surface area contributed by atoms with Gasteiger partial charge in [0.25, 0.3) is 5.91 Å². The first-order valence-electron chi connectivity index (χ1n) is 5.27. The maximum atomic E-state index is 11.8. The third-order valence-corrected chi connectivity index (χ3v) is 2.29. The largest absolute Gasteiger partial charge is 0.465 e. The van der Waals surface area contributed by atoms with Crippen LogP contribution < -0.4 is 5.73 Å². The summed E-state index contributed by atoms with van der Waals surface area (Å²) in [5.41, 5.74) is 5.52. The lowest BCUT2D eigenvalue weighted by Crippen LogP contribution is -2.25. The zero-order chi connectivity index (χ0) is 13.0. The topological polar surface area (TPSA) is 82.5 Å². The predicted molar refractivity (Wildman–Crippen MR) is 62.5 cm³/mol. The van der Waals surface area contributed by atoms with Crippen LogP contribution in [-0.4, -0.2) is 11.9 Å². The third kappa shape index (κ3) is 2.57. The molecule has 2 aromatic rings. The summed E-state index contributed by atoms with van der Waals surface area (Å²) < 4.78 is 10.1. The highest BCUT2D eigenvalue weighted by molar-refractivity contribution is 5.92. The maximum absolute atomic E-state index is 11.8. The summed E-state index contributed by atoms with van der Waals surface area (Å²) in [4.78, 5) is 23.0. The number of benzene rings is 1. The number of amides is 1. The number of rotatable bonds is 4. The number of esters is 1. The van der Waals surface area contributed by atoms with Crippen molar-refractivity contribution in [2.24, 2.45) is 5.73 Å². The minimum Gasteiger partial charge on any atom is -0.465 e. The number of carbonyl (C=O) groups excluding carboxylic acids is 2. The SMILES string of the molecule is NC(=O)[C@H](OC(=O)c1ccccc1)c1ccco1. The number of ether oxygens (including phenoxy) is 1. The number of hydrogen-bond donors (Lipinski definition) is 1. The summed E-state index contributed by atoms with van der Waals surface area (Å²) in [5, 5.41) is 0. The number of carbonyl (C=O) groups is 2. The van der Waals surface area contributed by atoms with Crippen molar-refractivity contribution in [1.29, 1.82) is 0 Å². The Morgan fingerprint density at radius 1 is 1.11 bits per heavy atom. The van der Waals surface area contributed by atoms with Crippen LogP contribution in [0.3, 0.4) is 0 Å². The molecule has 0 spiro atoms. The quantitative estimate of drug-likeness (QED) is 0.830. The van der Waals surface area contributed by atoms with E-state index < -0.39 is 18.0 Å². The summed E-state index contributed by atoms with van der Waals surface area (Å²) in [5.74, 6) is -1.21. The molecule has 5 heteroatoms. The molecular weight excluding hydrogens is 234 g/mol. The van der Waals surface area contributed by atoms with Crippen molar-refractivity contribution < 1.29 is 18.7 Å². The fourth-order valence-electron chi connectivity index (χ4n) is 1.45. The van der Waals surface area contributed by atoms with E-state index in [1.165, 1.54) is 12.3 Å². The first-order chi connectivity index (χ1) is 8.68. The van der Waals surface area contributed by atoms with E-state index in [1.54, 1.807) is 36.4 Å². The zero-order valence-electron chi connectivity index (χ0n) is 9.41. The second-order valence-electron chi connectivity index (χ2n) is 3.57. The van der Waals surface area contributed by atoms with Gasteiger partial charge in [0.05, 0.1) is 11.8 Å². The van der Waals surface area contributed by atoms with Crippen LogP contribution in [0.5, 0.6) is 0 Å². The smallest absolute Gasteiger partial charge is 0.339 e. The number of hydrogen-bond acceptors (Lipinski definition) is 4.